The third-order valence-electron chi connectivity index (χ3n) is 2.75. The van der Waals surface area contributed by atoms with E-state index in [0.717, 1.165) is 0 Å². The fourth-order valence-electron chi connectivity index (χ4n) is 1.51. The molecule has 3 amide bonds. The summed E-state index contributed by atoms with van der Waals surface area (Å²) in [5.74, 6) is -1.21. The molecule has 0 aliphatic carbocycles. The summed E-state index contributed by atoms with van der Waals surface area (Å²) in [5, 5.41) is 11.2. The van der Waals surface area contributed by atoms with Crippen LogP contribution < -0.4 is 5.32 Å². The summed E-state index contributed by atoms with van der Waals surface area (Å²) in [6.07, 6.45) is 0.308. The van der Waals surface area contributed by atoms with Gasteiger partial charge in [0, 0.05) is 20.1 Å². The molecule has 1 aliphatic rings. The molecule has 0 unspecified atom stereocenters. The minimum absolute atomic E-state index is 0.00160. The summed E-state index contributed by atoms with van der Waals surface area (Å²) in [7, 11) is 1.67. The molecular formula is C10H17N3O4. The SMILES string of the molecule is CC[C@@H](NC(=O)N1CCN(C)C(=O)C1)C(=O)O. The maximum absolute atomic E-state index is 11.7. The number of nitrogens with one attached hydrogen (secondary N) is 1. The molecule has 0 bridgehead atoms. The number of likely N-dealkylation sites (N-methyl/N-ethyl adjacent to an activating group) is 1. The maximum atomic E-state index is 11.7. The molecule has 1 saturated heterocycles. The summed E-state index contributed by atoms with van der Waals surface area (Å²) in [4.78, 5) is 36.7. The van der Waals surface area contributed by atoms with Crippen LogP contribution in [0.25, 0.3) is 0 Å². The van der Waals surface area contributed by atoms with Crippen LogP contribution >= 0.6 is 0 Å². The van der Waals surface area contributed by atoms with Gasteiger partial charge in [-0.3, -0.25) is 4.79 Å². The van der Waals surface area contributed by atoms with Crippen LogP contribution in [0.2, 0.25) is 0 Å². The number of amides is 3. The zero-order valence-corrected chi connectivity index (χ0v) is 9.97. The summed E-state index contributed by atoms with van der Waals surface area (Å²) >= 11 is 0. The number of rotatable bonds is 3. The molecule has 1 heterocycles. The van der Waals surface area contributed by atoms with Crippen LogP contribution in [0.15, 0.2) is 0 Å². The summed E-state index contributed by atoms with van der Waals surface area (Å²) in [6.45, 7) is 2.56. The van der Waals surface area contributed by atoms with Crippen LogP contribution in [0, 0.1) is 0 Å². The van der Waals surface area contributed by atoms with E-state index in [2.05, 4.69) is 5.32 Å². The van der Waals surface area contributed by atoms with Gasteiger partial charge in [-0.15, -0.1) is 0 Å². The Morgan fingerprint density at radius 1 is 1.47 bits per heavy atom. The molecule has 2 N–H and O–H groups in total. The zero-order valence-electron chi connectivity index (χ0n) is 9.97. The van der Waals surface area contributed by atoms with Crippen LogP contribution in [0.1, 0.15) is 13.3 Å². The molecule has 7 nitrogen and oxygen atoms in total. The van der Waals surface area contributed by atoms with E-state index in [1.807, 2.05) is 0 Å². The normalized spacial score (nSPS) is 17.9. The third-order valence-corrected chi connectivity index (χ3v) is 2.75. The van der Waals surface area contributed by atoms with Gasteiger partial charge in [0.2, 0.25) is 5.91 Å². The number of piperazine rings is 1. The standard InChI is InChI=1S/C10H17N3O4/c1-3-7(9(15)16)11-10(17)13-5-4-12(2)8(14)6-13/h7H,3-6H2,1-2H3,(H,11,17)(H,15,16)/t7-/m1/s1. The van der Waals surface area contributed by atoms with Crippen molar-refractivity contribution < 1.29 is 19.5 Å². The van der Waals surface area contributed by atoms with E-state index >= 15 is 0 Å². The van der Waals surface area contributed by atoms with Gasteiger partial charge >= 0.3 is 12.0 Å². The molecular weight excluding hydrogens is 226 g/mol. The van der Waals surface area contributed by atoms with Gasteiger partial charge in [-0.1, -0.05) is 6.92 Å². The van der Waals surface area contributed by atoms with Crippen LogP contribution in [-0.2, 0) is 9.59 Å². The van der Waals surface area contributed by atoms with E-state index < -0.39 is 18.0 Å². The van der Waals surface area contributed by atoms with Crippen molar-refractivity contribution in [2.24, 2.45) is 0 Å². The number of aliphatic carboxylic acids is 1. The van der Waals surface area contributed by atoms with Crippen molar-refractivity contribution in [2.75, 3.05) is 26.7 Å². The van der Waals surface area contributed by atoms with Gasteiger partial charge in [-0.05, 0) is 6.42 Å². The molecule has 1 aliphatic heterocycles. The number of carbonyl (C=O) groups excluding carboxylic acids is 2. The smallest absolute Gasteiger partial charge is 0.326 e. The highest BCUT2D eigenvalue weighted by molar-refractivity contribution is 5.87. The molecule has 17 heavy (non-hydrogen) atoms. The summed E-state index contributed by atoms with van der Waals surface area (Å²) in [5.41, 5.74) is 0. The highest BCUT2D eigenvalue weighted by Gasteiger charge is 2.27. The monoisotopic (exact) mass is 243 g/mol. The van der Waals surface area contributed by atoms with Gasteiger partial charge < -0.3 is 20.2 Å². The van der Waals surface area contributed by atoms with Gasteiger partial charge in [0.15, 0.2) is 0 Å². The largest absolute Gasteiger partial charge is 0.480 e. The lowest BCUT2D eigenvalue weighted by Crippen LogP contribution is -2.55. The lowest BCUT2D eigenvalue weighted by Gasteiger charge is -2.32. The van der Waals surface area contributed by atoms with Crippen molar-refractivity contribution in [1.82, 2.24) is 15.1 Å². The fourth-order valence-corrected chi connectivity index (χ4v) is 1.51. The second-order valence-corrected chi connectivity index (χ2v) is 3.99. The van der Waals surface area contributed by atoms with Gasteiger partial charge in [0.25, 0.3) is 0 Å². The van der Waals surface area contributed by atoms with E-state index in [0.29, 0.717) is 19.5 Å². The molecule has 96 valence electrons. The van der Waals surface area contributed by atoms with E-state index in [4.69, 9.17) is 5.11 Å². The average molecular weight is 243 g/mol. The minimum atomic E-state index is -1.07. The molecule has 0 aromatic heterocycles. The zero-order chi connectivity index (χ0) is 13.0. The lowest BCUT2D eigenvalue weighted by atomic mass is 10.2. The van der Waals surface area contributed by atoms with Crippen molar-refractivity contribution in [3.63, 3.8) is 0 Å². The average Bonchev–Trinajstić information content (AvgIpc) is 2.28. The number of nitrogens with zero attached hydrogens (tertiary/aromatic N) is 2. The van der Waals surface area contributed by atoms with Crippen LogP contribution in [-0.4, -0.2) is 65.5 Å². The number of hydrogen-bond acceptors (Lipinski definition) is 3. The van der Waals surface area contributed by atoms with Crippen molar-refractivity contribution in [3.8, 4) is 0 Å². The number of hydrogen-bond donors (Lipinski definition) is 2. The second-order valence-electron chi connectivity index (χ2n) is 3.99. The van der Waals surface area contributed by atoms with E-state index in [1.165, 1.54) is 9.80 Å². The molecule has 1 rings (SSSR count). The van der Waals surface area contributed by atoms with Crippen molar-refractivity contribution in [2.45, 2.75) is 19.4 Å². The molecule has 0 saturated carbocycles. The predicted octanol–water partition coefficient (Wildman–Crippen LogP) is -0.667. The number of carboxylic acid groups (broad SMARTS) is 1. The Morgan fingerprint density at radius 3 is 2.59 bits per heavy atom. The Bertz CT molecular complexity index is 332. The van der Waals surface area contributed by atoms with E-state index in [-0.39, 0.29) is 12.5 Å². The summed E-state index contributed by atoms with van der Waals surface area (Å²) in [6, 6.07) is -1.40. The first-order chi connectivity index (χ1) is 7.95. The Labute approximate surface area is 99.4 Å². The Hall–Kier alpha value is -1.79. The molecule has 7 heteroatoms. The first kappa shape index (κ1) is 13.3. The van der Waals surface area contributed by atoms with Crippen molar-refractivity contribution in [1.29, 1.82) is 0 Å². The topological polar surface area (TPSA) is 90.0 Å². The Balaban J connectivity index is 2.53. The van der Waals surface area contributed by atoms with E-state index in [1.54, 1.807) is 14.0 Å². The Morgan fingerprint density at radius 2 is 2.12 bits per heavy atom. The quantitative estimate of drug-likeness (QED) is 0.688. The Kier molecular flexibility index (Phi) is 4.30. The molecule has 0 radical (unpaired) electrons. The summed E-state index contributed by atoms with van der Waals surface area (Å²) < 4.78 is 0. The molecule has 0 aromatic carbocycles. The first-order valence-corrected chi connectivity index (χ1v) is 5.48. The third kappa shape index (κ3) is 3.33. The number of carbonyl (C=O) groups is 3. The molecule has 0 spiro atoms. The molecule has 1 fully saturated rings. The lowest BCUT2D eigenvalue weighted by molar-refractivity contribution is -0.139. The van der Waals surface area contributed by atoms with Crippen molar-refractivity contribution in [3.05, 3.63) is 0 Å². The van der Waals surface area contributed by atoms with Crippen LogP contribution in [0.5, 0.6) is 0 Å². The highest BCUT2D eigenvalue weighted by atomic mass is 16.4. The number of carboxylic acids is 1. The number of urea groups is 1. The van der Waals surface area contributed by atoms with Crippen LogP contribution in [0.4, 0.5) is 4.79 Å². The van der Waals surface area contributed by atoms with Gasteiger partial charge in [0.05, 0.1) is 0 Å². The first-order valence-electron chi connectivity index (χ1n) is 5.48. The molecule has 0 aromatic rings. The van der Waals surface area contributed by atoms with Gasteiger partial charge in [-0.2, -0.15) is 0 Å². The predicted molar refractivity (Wildman–Crippen MR) is 59.5 cm³/mol. The highest BCUT2D eigenvalue weighted by Crippen LogP contribution is 2.02. The molecule has 1 atom stereocenters. The second kappa shape index (κ2) is 5.51. The van der Waals surface area contributed by atoms with Crippen molar-refractivity contribution >= 4 is 17.9 Å². The van der Waals surface area contributed by atoms with Gasteiger partial charge in [-0.25, -0.2) is 9.59 Å². The minimum Gasteiger partial charge on any atom is -0.480 e. The fraction of sp³-hybridized carbons (Fsp3) is 0.700. The van der Waals surface area contributed by atoms with Gasteiger partial charge in [0.1, 0.15) is 12.6 Å². The maximum Gasteiger partial charge on any atom is 0.326 e. The van der Waals surface area contributed by atoms with E-state index in [9.17, 15) is 14.4 Å². The van der Waals surface area contributed by atoms with Crippen LogP contribution in [0.3, 0.4) is 0 Å².